The van der Waals surface area contributed by atoms with E-state index < -0.39 is 0 Å². The second-order valence-corrected chi connectivity index (χ2v) is 4.92. The normalized spacial score (nSPS) is 16.9. The van der Waals surface area contributed by atoms with Gasteiger partial charge in [0.2, 0.25) is 0 Å². The van der Waals surface area contributed by atoms with Gasteiger partial charge in [-0.15, -0.1) is 0 Å². The van der Waals surface area contributed by atoms with Gasteiger partial charge in [0.1, 0.15) is 0 Å². The molecule has 1 aliphatic carbocycles. The van der Waals surface area contributed by atoms with Crippen LogP contribution >= 0.6 is 0 Å². The summed E-state index contributed by atoms with van der Waals surface area (Å²) in [7, 11) is 0. The van der Waals surface area contributed by atoms with Gasteiger partial charge in [0, 0.05) is 24.2 Å². The first kappa shape index (κ1) is 11.6. The third kappa shape index (κ3) is 2.37. The minimum Gasteiger partial charge on any atom is -0.396 e. The van der Waals surface area contributed by atoms with Gasteiger partial charge in [-0.05, 0) is 30.7 Å². The third-order valence-electron chi connectivity index (χ3n) is 3.47. The first-order chi connectivity index (χ1) is 8.88. The first-order valence-corrected chi connectivity index (χ1v) is 6.59. The Labute approximate surface area is 107 Å². The fourth-order valence-electron chi connectivity index (χ4n) is 2.38. The summed E-state index contributed by atoms with van der Waals surface area (Å²) in [5, 5.41) is 15.2. The lowest BCUT2D eigenvalue weighted by Gasteiger charge is -2.18. The highest BCUT2D eigenvalue weighted by Gasteiger charge is 2.26. The number of pyridine rings is 1. The third-order valence-corrected chi connectivity index (χ3v) is 3.47. The number of nitrogens with zero attached hydrogens (tertiary/aromatic N) is 1. The predicted octanol–water partition coefficient (Wildman–Crippen LogP) is 2.41. The second-order valence-electron chi connectivity index (χ2n) is 4.92. The average molecular weight is 242 g/mol. The molecule has 0 radical (unpaired) electrons. The maximum absolute atomic E-state index is 9.24. The van der Waals surface area contributed by atoms with Crippen molar-refractivity contribution in [3.05, 3.63) is 42.2 Å². The summed E-state index contributed by atoms with van der Waals surface area (Å²) in [6, 6.07) is 11.1. The van der Waals surface area contributed by atoms with Crippen LogP contribution in [0.1, 0.15) is 31.0 Å². The van der Waals surface area contributed by atoms with Crippen LogP contribution in [-0.4, -0.2) is 22.7 Å². The molecule has 1 saturated carbocycles. The summed E-state index contributed by atoms with van der Waals surface area (Å²) in [5.41, 5.74) is 1.06. The van der Waals surface area contributed by atoms with E-state index in [1.54, 1.807) is 0 Å². The van der Waals surface area contributed by atoms with Crippen molar-refractivity contribution in [2.75, 3.05) is 6.61 Å². The van der Waals surface area contributed by atoms with Crippen LogP contribution in [0.2, 0.25) is 0 Å². The van der Waals surface area contributed by atoms with Crippen LogP contribution in [0.4, 0.5) is 0 Å². The average Bonchev–Trinajstić information content (AvgIpc) is 3.22. The lowest BCUT2D eigenvalue weighted by molar-refractivity contribution is 0.264. The molecule has 1 aromatic carbocycles. The van der Waals surface area contributed by atoms with Crippen molar-refractivity contribution >= 4 is 10.8 Å². The summed E-state index contributed by atoms with van der Waals surface area (Å²) in [6.45, 7) is 0.190. The first-order valence-electron chi connectivity index (χ1n) is 6.59. The Morgan fingerprint density at radius 2 is 2.11 bits per heavy atom. The van der Waals surface area contributed by atoms with Crippen LogP contribution in [0.5, 0.6) is 0 Å². The van der Waals surface area contributed by atoms with Crippen LogP contribution in [0, 0.1) is 0 Å². The molecule has 1 aliphatic rings. The fraction of sp³-hybridized carbons (Fsp3) is 0.400. The number of benzene rings is 1. The highest BCUT2D eigenvalue weighted by atomic mass is 16.3. The summed E-state index contributed by atoms with van der Waals surface area (Å²) in [4.78, 5) is 4.53. The SMILES string of the molecule is OCC[C@@H](NC1CC1)c1nccc2ccccc12. The molecule has 3 rings (SSSR count). The van der Waals surface area contributed by atoms with E-state index in [1.165, 1.54) is 23.6 Å². The van der Waals surface area contributed by atoms with E-state index in [0.29, 0.717) is 6.04 Å². The molecule has 2 N–H and O–H groups in total. The zero-order valence-corrected chi connectivity index (χ0v) is 10.3. The number of fused-ring (bicyclic) bond motifs is 1. The topological polar surface area (TPSA) is 45.1 Å². The quantitative estimate of drug-likeness (QED) is 0.846. The summed E-state index contributed by atoms with van der Waals surface area (Å²) >= 11 is 0. The zero-order chi connectivity index (χ0) is 12.4. The van der Waals surface area contributed by atoms with E-state index in [2.05, 4.69) is 22.4 Å². The van der Waals surface area contributed by atoms with Gasteiger partial charge in [0.25, 0.3) is 0 Å². The molecule has 0 spiro atoms. The Morgan fingerprint density at radius 1 is 1.28 bits per heavy atom. The number of hydrogen-bond donors (Lipinski definition) is 2. The van der Waals surface area contributed by atoms with E-state index in [4.69, 9.17) is 0 Å². The highest BCUT2D eigenvalue weighted by Crippen LogP contribution is 2.28. The lowest BCUT2D eigenvalue weighted by atomic mass is 10.0. The molecular formula is C15H18N2O. The molecule has 3 nitrogen and oxygen atoms in total. The summed E-state index contributed by atoms with van der Waals surface area (Å²) < 4.78 is 0. The molecule has 94 valence electrons. The van der Waals surface area contributed by atoms with Gasteiger partial charge < -0.3 is 10.4 Å². The minimum atomic E-state index is 0.161. The van der Waals surface area contributed by atoms with E-state index in [1.807, 2.05) is 24.4 Å². The van der Waals surface area contributed by atoms with Crippen LogP contribution in [0.3, 0.4) is 0 Å². The molecular weight excluding hydrogens is 224 g/mol. The maximum atomic E-state index is 9.24. The maximum Gasteiger partial charge on any atom is 0.0652 e. The predicted molar refractivity (Wildman–Crippen MR) is 72.3 cm³/mol. The zero-order valence-electron chi connectivity index (χ0n) is 10.3. The molecule has 0 amide bonds. The Morgan fingerprint density at radius 3 is 2.89 bits per heavy atom. The molecule has 0 bridgehead atoms. The van der Waals surface area contributed by atoms with Crippen LogP contribution in [-0.2, 0) is 0 Å². The molecule has 2 aromatic rings. The fourth-order valence-corrected chi connectivity index (χ4v) is 2.38. The van der Waals surface area contributed by atoms with Gasteiger partial charge in [0.15, 0.2) is 0 Å². The number of hydrogen-bond acceptors (Lipinski definition) is 3. The molecule has 3 heteroatoms. The number of aliphatic hydroxyl groups excluding tert-OH is 1. The van der Waals surface area contributed by atoms with Gasteiger partial charge in [-0.2, -0.15) is 0 Å². The molecule has 1 atom stereocenters. The van der Waals surface area contributed by atoms with Crippen molar-refractivity contribution in [3.8, 4) is 0 Å². The van der Waals surface area contributed by atoms with E-state index in [0.717, 1.165) is 12.1 Å². The van der Waals surface area contributed by atoms with Crippen molar-refractivity contribution < 1.29 is 5.11 Å². The standard InChI is InChI=1S/C15H18N2O/c18-10-8-14(17-12-5-6-12)15-13-4-2-1-3-11(13)7-9-16-15/h1-4,7,9,12,14,17-18H,5-6,8,10H2/t14-/m1/s1. The molecule has 0 aliphatic heterocycles. The number of nitrogens with one attached hydrogen (secondary N) is 1. The van der Waals surface area contributed by atoms with Crippen LogP contribution < -0.4 is 5.32 Å². The minimum absolute atomic E-state index is 0.161. The Kier molecular flexibility index (Phi) is 3.26. The Hall–Kier alpha value is -1.45. The lowest BCUT2D eigenvalue weighted by Crippen LogP contribution is -2.25. The summed E-state index contributed by atoms with van der Waals surface area (Å²) in [6.07, 6.45) is 5.06. The number of aromatic nitrogens is 1. The van der Waals surface area contributed by atoms with Crippen molar-refractivity contribution in [3.63, 3.8) is 0 Å². The molecule has 1 aromatic heterocycles. The van der Waals surface area contributed by atoms with Crippen molar-refractivity contribution in [2.24, 2.45) is 0 Å². The molecule has 0 saturated heterocycles. The Bertz CT molecular complexity index is 532. The van der Waals surface area contributed by atoms with E-state index >= 15 is 0 Å². The number of rotatable bonds is 5. The van der Waals surface area contributed by atoms with Crippen molar-refractivity contribution in [2.45, 2.75) is 31.3 Å². The van der Waals surface area contributed by atoms with Gasteiger partial charge in [-0.1, -0.05) is 24.3 Å². The molecule has 0 unspecified atom stereocenters. The van der Waals surface area contributed by atoms with Gasteiger partial charge in [-0.3, -0.25) is 4.98 Å². The van der Waals surface area contributed by atoms with Crippen molar-refractivity contribution in [1.29, 1.82) is 0 Å². The van der Waals surface area contributed by atoms with Gasteiger partial charge in [0.05, 0.1) is 11.7 Å². The largest absolute Gasteiger partial charge is 0.396 e. The smallest absolute Gasteiger partial charge is 0.0652 e. The Balaban J connectivity index is 1.98. The second kappa shape index (κ2) is 5.04. The molecule has 18 heavy (non-hydrogen) atoms. The summed E-state index contributed by atoms with van der Waals surface area (Å²) in [5.74, 6) is 0. The monoisotopic (exact) mass is 242 g/mol. The molecule has 1 heterocycles. The highest BCUT2D eigenvalue weighted by molar-refractivity contribution is 5.84. The molecule has 1 fully saturated rings. The van der Waals surface area contributed by atoms with Crippen LogP contribution in [0.15, 0.2) is 36.5 Å². The number of aliphatic hydroxyl groups is 1. The van der Waals surface area contributed by atoms with E-state index in [9.17, 15) is 5.11 Å². The van der Waals surface area contributed by atoms with Gasteiger partial charge >= 0.3 is 0 Å². The van der Waals surface area contributed by atoms with E-state index in [-0.39, 0.29) is 12.6 Å². The van der Waals surface area contributed by atoms with Crippen molar-refractivity contribution in [1.82, 2.24) is 10.3 Å². The van der Waals surface area contributed by atoms with Gasteiger partial charge in [-0.25, -0.2) is 0 Å². The van der Waals surface area contributed by atoms with Crippen LogP contribution in [0.25, 0.3) is 10.8 Å².